The van der Waals surface area contributed by atoms with Gasteiger partial charge >= 0.3 is 0 Å². The highest BCUT2D eigenvalue weighted by Gasteiger charge is 2.37. The summed E-state index contributed by atoms with van der Waals surface area (Å²) in [5.41, 5.74) is 0. The van der Waals surface area contributed by atoms with Gasteiger partial charge in [-0.1, -0.05) is 6.42 Å². The van der Waals surface area contributed by atoms with Gasteiger partial charge in [0.1, 0.15) is 0 Å². The molecule has 1 unspecified atom stereocenters. The third-order valence-corrected chi connectivity index (χ3v) is 7.19. The average molecular weight is 345 g/mol. The molecule has 0 N–H and O–H groups in total. The maximum atomic E-state index is 12.3. The SMILES string of the molecule is CS(=O)(=O)N(C1CCC1)C1CCCN(CC2CCOCC2)CC1. The second-order valence-corrected chi connectivity index (χ2v) is 9.51. The van der Waals surface area contributed by atoms with E-state index in [1.807, 2.05) is 4.31 Å². The van der Waals surface area contributed by atoms with E-state index in [9.17, 15) is 8.42 Å². The van der Waals surface area contributed by atoms with E-state index in [2.05, 4.69) is 4.90 Å². The molecular weight excluding hydrogens is 312 g/mol. The summed E-state index contributed by atoms with van der Waals surface area (Å²) < 4.78 is 31.9. The van der Waals surface area contributed by atoms with Crippen LogP contribution in [-0.4, -0.2) is 68.8 Å². The van der Waals surface area contributed by atoms with Crippen LogP contribution < -0.4 is 0 Å². The van der Waals surface area contributed by atoms with Gasteiger partial charge in [-0.3, -0.25) is 0 Å². The van der Waals surface area contributed by atoms with Crippen molar-refractivity contribution in [2.24, 2.45) is 5.92 Å². The van der Waals surface area contributed by atoms with Crippen LogP contribution in [0.4, 0.5) is 0 Å². The molecule has 6 heteroatoms. The van der Waals surface area contributed by atoms with Crippen LogP contribution in [0.25, 0.3) is 0 Å². The molecule has 23 heavy (non-hydrogen) atoms. The number of rotatable bonds is 5. The Morgan fingerprint density at radius 2 is 1.61 bits per heavy atom. The van der Waals surface area contributed by atoms with Gasteiger partial charge in [-0.15, -0.1) is 0 Å². The van der Waals surface area contributed by atoms with Crippen LogP contribution in [0.15, 0.2) is 0 Å². The van der Waals surface area contributed by atoms with E-state index < -0.39 is 10.0 Å². The van der Waals surface area contributed by atoms with E-state index in [1.165, 1.54) is 32.1 Å². The molecule has 2 aliphatic heterocycles. The van der Waals surface area contributed by atoms with E-state index in [1.54, 1.807) is 0 Å². The topological polar surface area (TPSA) is 49.9 Å². The molecule has 0 bridgehead atoms. The van der Waals surface area contributed by atoms with Crippen LogP contribution in [-0.2, 0) is 14.8 Å². The molecule has 2 heterocycles. The Morgan fingerprint density at radius 3 is 2.22 bits per heavy atom. The van der Waals surface area contributed by atoms with Crippen molar-refractivity contribution < 1.29 is 13.2 Å². The van der Waals surface area contributed by atoms with Crippen molar-refractivity contribution in [1.82, 2.24) is 9.21 Å². The normalized spacial score (nSPS) is 29.4. The highest BCUT2D eigenvalue weighted by atomic mass is 32.2. The zero-order valence-electron chi connectivity index (χ0n) is 14.5. The largest absolute Gasteiger partial charge is 0.381 e. The lowest BCUT2D eigenvalue weighted by Gasteiger charge is -2.40. The molecule has 0 aromatic rings. The first kappa shape index (κ1) is 17.6. The van der Waals surface area contributed by atoms with Crippen LogP contribution in [0.2, 0.25) is 0 Å². The average Bonchev–Trinajstić information content (AvgIpc) is 2.68. The monoisotopic (exact) mass is 344 g/mol. The molecule has 1 atom stereocenters. The minimum absolute atomic E-state index is 0.218. The zero-order valence-corrected chi connectivity index (χ0v) is 15.3. The van der Waals surface area contributed by atoms with E-state index in [0.717, 1.165) is 64.3 Å². The summed E-state index contributed by atoms with van der Waals surface area (Å²) in [5, 5.41) is 0. The first-order valence-electron chi connectivity index (χ1n) is 9.32. The quantitative estimate of drug-likeness (QED) is 0.766. The van der Waals surface area contributed by atoms with Gasteiger partial charge in [0.25, 0.3) is 0 Å². The summed E-state index contributed by atoms with van der Waals surface area (Å²) in [6, 6.07) is 0.493. The highest BCUT2D eigenvalue weighted by molar-refractivity contribution is 7.88. The fourth-order valence-corrected chi connectivity index (χ4v) is 5.86. The molecule has 1 saturated carbocycles. The second kappa shape index (κ2) is 7.81. The van der Waals surface area contributed by atoms with Crippen molar-refractivity contribution in [1.29, 1.82) is 0 Å². The van der Waals surface area contributed by atoms with Crippen molar-refractivity contribution in [2.45, 2.75) is 63.5 Å². The minimum atomic E-state index is -3.09. The van der Waals surface area contributed by atoms with Crippen LogP contribution >= 0.6 is 0 Å². The molecule has 0 spiro atoms. The van der Waals surface area contributed by atoms with Crippen molar-refractivity contribution in [3.8, 4) is 0 Å². The summed E-state index contributed by atoms with van der Waals surface area (Å²) in [6.45, 7) is 5.14. The van der Waals surface area contributed by atoms with Crippen molar-refractivity contribution >= 4 is 10.0 Å². The number of hydrogen-bond donors (Lipinski definition) is 0. The van der Waals surface area contributed by atoms with Gasteiger partial charge in [0, 0.05) is 31.8 Å². The third kappa shape index (κ3) is 4.68. The van der Waals surface area contributed by atoms with Gasteiger partial charge in [-0.25, -0.2) is 8.42 Å². The van der Waals surface area contributed by atoms with Crippen molar-refractivity contribution in [3.05, 3.63) is 0 Å². The molecule has 5 nitrogen and oxygen atoms in total. The Labute approximate surface area is 141 Å². The van der Waals surface area contributed by atoms with Crippen LogP contribution in [0.5, 0.6) is 0 Å². The lowest BCUT2D eigenvalue weighted by atomic mass is 9.91. The summed E-state index contributed by atoms with van der Waals surface area (Å²) in [7, 11) is -3.09. The van der Waals surface area contributed by atoms with E-state index in [-0.39, 0.29) is 12.1 Å². The maximum Gasteiger partial charge on any atom is 0.211 e. The van der Waals surface area contributed by atoms with Crippen LogP contribution in [0.3, 0.4) is 0 Å². The summed E-state index contributed by atoms with van der Waals surface area (Å²) in [4.78, 5) is 2.57. The van der Waals surface area contributed by atoms with Crippen LogP contribution in [0.1, 0.15) is 51.4 Å². The fraction of sp³-hybridized carbons (Fsp3) is 1.00. The fourth-order valence-electron chi connectivity index (χ4n) is 4.35. The molecular formula is C17H32N2O3S. The predicted molar refractivity (Wildman–Crippen MR) is 91.9 cm³/mol. The van der Waals surface area contributed by atoms with Crippen molar-refractivity contribution in [2.75, 3.05) is 39.1 Å². The summed E-state index contributed by atoms with van der Waals surface area (Å²) in [6.07, 6.45) is 10.2. The van der Waals surface area contributed by atoms with Crippen LogP contribution in [0, 0.1) is 5.92 Å². The van der Waals surface area contributed by atoms with Gasteiger partial charge in [0.05, 0.1) is 6.26 Å². The zero-order chi connectivity index (χ0) is 16.3. The van der Waals surface area contributed by atoms with Crippen molar-refractivity contribution in [3.63, 3.8) is 0 Å². The molecule has 2 saturated heterocycles. The first-order valence-corrected chi connectivity index (χ1v) is 11.2. The number of ether oxygens (including phenoxy) is 1. The van der Waals surface area contributed by atoms with Gasteiger partial charge in [0.2, 0.25) is 10.0 Å². The van der Waals surface area contributed by atoms with E-state index >= 15 is 0 Å². The van der Waals surface area contributed by atoms with E-state index in [4.69, 9.17) is 4.74 Å². The molecule has 0 aromatic heterocycles. The first-order chi connectivity index (χ1) is 11.0. The summed E-state index contributed by atoms with van der Waals surface area (Å²) in [5.74, 6) is 0.762. The molecule has 0 aromatic carbocycles. The molecule has 0 amide bonds. The Kier molecular flexibility index (Phi) is 5.99. The highest BCUT2D eigenvalue weighted by Crippen LogP contribution is 2.32. The predicted octanol–water partition coefficient (Wildman–Crippen LogP) is 2.08. The lowest BCUT2D eigenvalue weighted by molar-refractivity contribution is 0.0526. The Bertz CT molecular complexity index is 472. The van der Waals surface area contributed by atoms with Gasteiger partial charge in [0.15, 0.2) is 0 Å². The minimum Gasteiger partial charge on any atom is -0.381 e. The van der Waals surface area contributed by atoms with Gasteiger partial charge in [-0.05, 0) is 64.0 Å². The Hall–Kier alpha value is -0.170. The molecule has 3 fully saturated rings. The number of nitrogens with zero attached hydrogens (tertiary/aromatic N) is 2. The molecule has 134 valence electrons. The number of likely N-dealkylation sites (tertiary alicyclic amines) is 1. The number of hydrogen-bond acceptors (Lipinski definition) is 4. The molecule has 1 aliphatic carbocycles. The molecule has 0 radical (unpaired) electrons. The maximum absolute atomic E-state index is 12.3. The molecule has 3 rings (SSSR count). The van der Waals surface area contributed by atoms with Gasteiger partial charge < -0.3 is 9.64 Å². The third-order valence-electron chi connectivity index (χ3n) is 5.82. The smallest absolute Gasteiger partial charge is 0.211 e. The van der Waals surface area contributed by atoms with Gasteiger partial charge in [-0.2, -0.15) is 4.31 Å². The molecule has 3 aliphatic rings. The summed E-state index contributed by atoms with van der Waals surface area (Å²) >= 11 is 0. The second-order valence-electron chi connectivity index (χ2n) is 7.62. The Balaban J connectivity index is 1.56. The standard InChI is InChI=1S/C17H32N2O3S/c1-23(20,21)19(16-4-2-5-16)17-6-3-10-18(11-7-17)14-15-8-12-22-13-9-15/h15-17H,2-14H2,1H3. The Morgan fingerprint density at radius 1 is 0.957 bits per heavy atom. The number of sulfonamides is 1. The lowest BCUT2D eigenvalue weighted by Crippen LogP contribution is -2.49. The van der Waals surface area contributed by atoms with E-state index in [0.29, 0.717) is 0 Å².